The molecule has 0 saturated heterocycles. The van der Waals surface area contributed by atoms with E-state index in [0.717, 1.165) is 37.9 Å². The van der Waals surface area contributed by atoms with E-state index in [1.54, 1.807) is 6.26 Å². The summed E-state index contributed by atoms with van der Waals surface area (Å²) in [4.78, 5) is 6.60. The zero-order valence-corrected chi connectivity index (χ0v) is 20.6. The van der Waals surface area contributed by atoms with Gasteiger partial charge in [0.2, 0.25) is 0 Å². The van der Waals surface area contributed by atoms with Crippen molar-refractivity contribution in [2.45, 2.75) is 38.2 Å². The molecule has 156 valence electrons. The summed E-state index contributed by atoms with van der Waals surface area (Å²) in [5, 5.41) is 6.85. The van der Waals surface area contributed by atoms with Crippen LogP contribution in [0.2, 0.25) is 0 Å². The van der Waals surface area contributed by atoms with Crippen molar-refractivity contribution in [3.8, 4) is 0 Å². The zero-order chi connectivity index (χ0) is 19.7. The molecule has 1 aromatic carbocycles. The van der Waals surface area contributed by atoms with Crippen LogP contribution in [0.4, 0.5) is 0 Å². The van der Waals surface area contributed by atoms with Crippen molar-refractivity contribution in [1.29, 1.82) is 0 Å². The number of thioether (sulfide) groups is 1. The Morgan fingerprint density at radius 3 is 2.43 bits per heavy atom. The van der Waals surface area contributed by atoms with Gasteiger partial charge in [0.25, 0.3) is 0 Å². The molecule has 0 spiro atoms. The van der Waals surface area contributed by atoms with E-state index in [0.29, 0.717) is 0 Å². The Labute approximate surface area is 190 Å². The van der Waals surface area contributed by atoms with Gasteiger partial charge >= 0.3 is 0 Å². The van der Waals surface area contributed by atoms with E-state index in [2.05, 4.69) is 71.9 Å². The Kier molecular flexibility index (Phi) is 11.0. The molecule has 0 aliphatic carbocycles. The van der Waals surface area contributed by atoms with Crippen LogP contribution < -0.4 is 10.6 Å². The van der Waals surface area contributed by atoms with Gasteiger partial charge in [-0.2, -0.15) is 11.8 Å². The molecule has 1 heterocycles. The van der Waals surface area contributed by atoms with Crippen molar-refractivity contribution in [2.24, 2.45) is 4.99 Å². The summed E-state index contributed by atoms with van der Waals surface area (Å²) in [6.45, 7) is 7.71. The minimum absolute atomic E-state index is 0. The molecule has 1 aromatic heterocycles. The zero-order valence-electron chi connectivity index (χ0n) is 17.5. The Bertz CT molecular complexity index is 719. The fourth-order valence-electron chi connectivity index (χ4n) is 2.67. The first-order chi connectivity index (χ1) is 12.9. The van der Waals surface area contributed by atoms with Gasteiger partial charge in [-0.05, 0) is 50.4 Å². The van der Waals surface area contributed by atoms with Crippen LogP contribution >= 0.6 is 35.7 Å². The molecule has 0 aliphatic rings. The van der Waals surface area contributed by atoms with Crippen LogP contribution in [0.1, 0.15) is 30.7 Å². The average molecular weight is 516 g/mol. The van der Waals surface area contributed by atoms with Gasteiger partial charge in [0.1, 0.15) is 5.76 Å². The second kappa shape index (κ2) is 12.4. The smallest absolute Gasteiger partial charge is 0.191 e. The summed E-state index contributed by atoms with van der Waals surface area (Å²) in [5.41, 5.74) is 2.58. The maximum atomic E-state index is 5.45. The van der Waals surface area contributed by atoms with E-state index in [1.807, 2.05) is 30.9 Å². The van der Waals surface area contributed by atoms with Crippen molar-refractivity contribution < 1.29 is 4.42 Å². The highest BCUT2D eigenvalue weighted by Crippen LogP contribution is 2.19. The van der Waals surface area contributed by atoms with Gasteiger partial charge in [-0.1, -0.05) is 24.3 Å². The average Bonchev–Trinajstić information content (AvgIpc) is 3.16. The van der Waals surface area contributed by atoms with Crippen LogP contribution in [0.5, 0.6) is 0 Å². The number of guanidine groups is 1. The lowest BCUT2D eigenvalue weighted by Gasteiger charge is -2.24. The second-order valence-electron chi connectivity index (χ2n) is 7.26. The lowest BCUT2D eigenvalue weighted by Crippen LogP contribution is -2.43. The Balaban J connectivity index is 0.00000392. The first-order valence-electron chi connectivity index (χ1n) is 9.21. The van der Waals surface area contributed by atoms with E-state index in [9.17, 15) is 0 Å². The molecule has 0 amide bonds. The number of hydrogen-bond acceptors (Lipinski definition) is 4. The van der Waals surface area contributed by atoms with Crippen LogP contribution in [0.3, 0.4) is 0 Å². The van der Waals surface area contributed by atoms with E-state index in [4.69, 9.17) is 4.42 Å². The monoisotopic (exact) mass is 516 g/mol. The summed E-state index contributed by atoms with van der Waals surface area (Å²) in [6.07, 6.45) is 3.85. The Morgan fingerprint density at radius 1 is 1.11 bits per heavy atom. The van der Waals surface area contributed by atoms with Crippen molar-refractivity contribution in [3.05, 3.63) is 59.5 Å². The van der Waals surface area contributed by atoms with Crippen LogP contribution in [0.25, 0.3) is 0 Å². The topological polar surface area (TPSA) is 52.8 Å². The lowest BCUT2D eigenvalue weighted by molar-refractivity contribution is 0.287. The number of benzene rings is 1. The van der Waals surface area contributed by atoms with E-state index < -0.39 is 0 Å². The Morgan fingerprint density at radius 2 is 1.82 bits per heavy atom. The van der Waals surface area contributed by atoms with E-state index >= 15 is 0 Å². The first kappa shape index (κ1) is 24.8. The maximum Gasteiger partial charge on any atom is 0.191 e. The molecule has 28 heavy (non-hydrogen) atoms. The fourth-order valence-corrected chi connectivity index (χ4v) is 2.88. The van der Waals surface area contributed by atoms with Crippen LogP contribution in [-0.4, -0.2) is 42.5 Å². The molecular formula is C21H33IN4OS. The number of aliphatic imine (C=N–C) groups is 1. The largest absolute Gasteiger partial charge is 0.468 e. The fraction of sp³-hybridized carbons (Fsp3) is 0.476. The molecule has 7 heteroatoms. The van der Waals surface area contributed by atoms with Gasteiger partial charge in [0, 0.05) is 31.4 Å². The van der Waals surface area contributed by atoms with Gasteiger partial charge in [0.05, 0.1) is 12.8 Å². The predicted molar refractivity (Wildman–Crippen MR) is 132 cm³/mol. The minimum Gasteiger partial charge on any atom is -0.468 e. The van der Waals surface area contributed by atoms with Gasteiger partial charge in [-0.3, -0.25) is 9.89 Å². The quantitative estimate of drug-likeness (QED) is 0.295. The third-order valence-electron chi connectivity index (χ3n) is 4.47. The molecule has 2 rings (SSSR count). The number of nitrogens with zero attached hydrogens (tertiary/aromatic N) is 2. The molecule has 0 fully saturated rings. The third kappa shape index (κ3) is 8.45. The highest BCUT2D eigenvalue weighted by Gasteiger charge is 2.16. The highest BCUT2D eigenvalue weighted by molar-refractivity contribution is 14.0. The third-order valence-corrected chi connectivity index (χ3v) is 5.72. The normalized spacial score (nSPS) is 12.0. The van der Waals surface area contributed by atoms with Crippen molar-refractivity contribution in [2.75, 3.05) is 26.9 Å². The van der Waals surface area contributed by atoms with Crippen molar-refractivity contribution >= 4 is 41.7 Å². The number of hydrogen-bond donors (Lipinski definition) is 2. The SMILES string of the molecule is CN=C(NCc1ccccc1CN(C)Cc1ccco1)NCC(C)(C)SC.I. The van der Waals surface area contributed by atoms with E-state index in [1.165, 1.54) is 11.1 Å². The van der Waals surface area contributed by atoms with Crippen molar-refractivity contribution in [1.82, 2.24) is 15.5 Å². The van der Waals surface area contributed by atoms with Crippen LogP contribution in [0, 0.1) is 0 Å². The summed E-state index contributed by atoms with van der Waals surface area (Å²) >= 11 is 1.85. The number of rotatable bonds is 9. The minimum atomic E-state index is 0. The first-order valence-corrected chi connectivity index (χ1v) is 10.4. The molecular weight excluding hydrogens is 483 g/mol. The van der Waals surface area contributed by atoms with E-state index in [-0.39, 0.29) is 28.7 Å². The van der Waals surface area contributed by atoms with Crippen molar-refractivity contribution in [3.63, 3.8) is 0 Å². The standard InChI is InChI=1S/C21H32N4OS.HI/c1-21(2,27-5)16-24-20(22-3)23-13-17-9-6-7-10-18(17)14-25(4)15-19-11-8-12-26-19;/h6-12H,13-16H2,1-5H3,(H2,22,23,24);1H. The van der Waals surface area contributed by atoms with Gasteiger partial charge in [0.15, 0.2) is 5.96 Å². The highest BCUT2D eigenvalue weighted by atomic mass is 127. The summed E-state index contributed by atoms with van der Waals surface area (Å²) in [6, 6.07) is 12.5. The molecule has 5 nitrogen and oxygen atoms in total. The van der Waals surface area contributed by atoms with Crippen LogP contribution in [-0.2, 0) is 19.6 Å². The predicted octanol–water partition coefficient (Wildman–Crippen LogP) is 4.34. The van der Waals surface area contributed by atoms with Gasteiger partial charge < -0.3 is 15.1 Å². The number of nitrogens with one attached hydrogen (secondary N) is 2. The lowest BCUT2D eigenvalue weighted by atomic mass is 10.1. The summed E-state index contributed by atoms with van der Waals surface area (Å²) < 4.78 is 5.62. The van der Waals surface area contributed by atoms with Crippen LogP contribution in [0.15, 0.2) is 52.1 Å². The summed E-state index contributed by atoms with van der Waals surface area (Å²) in [7, 11) is 3.92. The molecule has 0 saturated carbocycles. The summed E-state index contributed by atoms with van der Waals surface area (Å²) in [5.74, 6) is 1.81. The Hall–Kier alpha value is -1.19. The molecule has 2 aromatic rings. The van der Waals surface area contributed by atoms with Gasteiger partial charge in [-0.25, -0.2) is 0 Å². The molecule has 0 atom stereocenters. The van der Waals surface area contributed by atoms with Gasteiger partial charge in [-0.15, -0.1) is 24.0 Å². The number of furan rings is 1. The molecule has 0 unspecified atom stereocenters. The molecule has 0 aliphatic heterocycles. The molecule has 0 bridgehead atoms. The second-order valence-corrected chi connectivity index (χ2v) is 8.78. The molecule has 2 N–H and O–H groups in total. The molecule has 0 radical (unpaired) electrons. The maximum absolute atomic E-state index is 5.45. The number of halogens is 1.